The van der Waals surface area contributed by atoms with Crippen molar-refractivity contribution in [2.45, 2.75) is 18.7 Å². The van der Waals surface area contributed by atoms with Gasteiger partial charge in [0.05, 0.1) is 26.6 Å². The Bertz CT molecular complexity index is 1430. The van der Waals surface area contributed by atoms with E-state index in [1.165, 1.54) is 28.7 Å². The fraction of sp³-hybridized carbons (Fsp3) is 0.111. The Balaban J connectivity index is 1.93. The number of anilines is 1. The minimum absolute atomic E-state index is 0.0427. The standard InChI is InChI=1S/C18H13ClFN3O3S2/c1-9-3-6-14-15(7-9)27-18-21-10(2)16(17(24)23(14)18)28(25,26)22-11-4-5-13(20)12(19)8-11/h3-8,22H,1-2H3. The van der Waals surface area contributed by atoms with Crippen LogP contribution in [0, 0.1) is 19.7 Å². The van der Waals surface area contributed by atoms with Crippen LogP contribution in [0.2, 0.25) is 5.02 Å². The highest BCUT2D eigenvalue weighted by molar-refractivity contribution is 7.92. The lowest BCUT2D eigenvalue weighted by Crippen LogP contribution is -2.27. The van der Waals surface area contributed by atoms with Crippen molar-refractivity contribution in [2.24, 2.45) is 0 Å². The molecule has 0 bridgehead atoms. The maximum absolute atomic E-state index is 13.3. The normalized spacial score (nSPS) is 12.0. The summed E-state index contributed by atoms with van der Waals surface area (Å²) in [6.45, 7) is 3.39. The lowest BCUT2D eigenvalue weighted by Gasteiger charge is -2.10. The topological polar surface area (TPSA) is 80.5 Å². The van der Waals surface area contributed by atoms with E-state index in [2.05, 4.69) is 9.71 Å². The summed E-state index contributed by atoms with van der Waals surface area (Å²) in [5, 5.41) is -0.235. The number of aryl methyl sites for hydroxylation is 2. The average Bonchev–Trinajstić information content (AvgIpc) is 2.94. The second kappa shape index (κ2) is 6.54. The van der Waals surface area contributed by atoms with Crippen LogP contribution in [0.1, 0.15) is 11.3 Å². The first-order valence-electron chi connectivity index (χ1n) is 8.08. The van der Waals surface area contributed by atoms with Gasteiger partial charge in [0.15, 0.2) is 9.86 Å². The van der Waals surface area contributed by atoms with Gasteiger partial charge in [-0.05, 0) is 49.7 Å². The van der Waals surface area contributed by atoms with Crippen LogP contribution in [0.3, 0.4) is 0 Å². The second-order valence-electron chi connectivity index (χ2n) is 6.26. The summed E-state index contributed by atoms with van der Waals surface area (Å²) in [4.78, 5) is 17.4. The molecule has 0 fully saturated rings. The molecule has 2 aromatic heterocycles. The molecule has 0 saturated carbocycles. The minimum atomic E-state index is -4.27. The van der Waals surface area contributed by atoms with Crippen LogP contribution in [-0.4, -0.2) is 17.8 Å². The molecule has 2 aromatic carbocycles. The molecule has 0 spiro atoms. The van der Waals surface area contributed by atoms with E-state index in [4.69, 9.17) is 11.6 Å². The first-order valence-corrected chi connectivity index (χ1v) is 10.8. The van der Waals surface area contributed by atoms with Gasteiger partial charge in [-0.25, -0.2) is 22.2 Å². The molecule has 6 nitrogen and oxygen atoms in total. The number of fused-ring (bicyclic) bond motifs is 3. The molecule has 28 heavy (non-hydrogen) atoms. The lowest BCUT2D eigenvalue weighted by molar-refractivity contribution is 0.598. The van der Waals surface area contributed by atoms with Gasteiger partial charge in [-0.15, -0.1) is 0 Å². The summed E-state index contributed by atoms with van der Waals surface area (Å²) in [6, 6.07) is 8.91. The third-order valence-electron chi connectivity index (χ3n) is 4.18. The summed E-state index contributed by atoms with van der Waals surface area (Å²) < 4.78 is 43.5. The van der Waals surface area contributed by atoms with Crippen LogP contribution in [0.5, 0.6) is 0 Å². The van der Waals surface area contributed by atoms with E-state index in [0.717, 1.165) is 22.4 Å². The summed E-state index contributed by atoms with van der Waals surface area (Å²) >= 11 is 7.01. The second-order valence-corrected chi connectivity index (χ2v) is 9.29. The largest absolute Gasteiger partial charge is 0.280 e. The number of halogens is 2. The fourth-order valence-electron chi connectivity index (χ4n) is 2.93. The van der Waals surface area contributed by atoms with Crippen LogP contribution < -0.4 is 10.3 Å². The van der Waals surface area contributed by atoms with Crippen LogP contribution >= 0.6 is 22.9 Å². The first-order chi connectivity index (χ1) is 13.2. The molecule has 0 amide bonds. The highest BCUT2D eigenvalue weighted by Gasteiger charge is 2.25. The van der Waals surface area contributed by atoms with Crippen molar-refractivity contribution in [3.8, 4) is 0 Å². The highest BCUT2D eigenvalue weighted by atomic mass is 35.5. The predicted octanol–water partition coefficient (Wildman–Crippen LogP) is 4.12. The van der Waals surface area contributed by atoms with Gasteiger partial charge in [0.1, 0.15) is 5.82 Å². The molecule has 4 aromatic rings. The Labute approximate surface area is 168 Å². The number of hydrogen-bond acceptors (Lipinski definition) is 5. The van der Waals surface area contributed by atoms with Gasteiger partial charge in [-0.2, -0.15) is 0 Å². The number of thiazole rings is 1. The van der Waals surface area contributed by atoms with Gasteiger partial charge in [-0.3, -0.25) is 9.52 Å². The Kier molecular flexibility index (Phi) is 4.40. The molecule has 144 valence electrons. The maximum atomic E-state index is 13.3. The van der Waals surface area contributed by atoms with Crippen molar-refractivity contribution in [2.75, 3.05) is 4.72 Å². The van der Waals surface area contributed by atoms with Crippen LogP contribution in [0.15, 0.2) is 46.1 Å². The molecule has 0 saturated heterocycles. The molecule has 4 rings (SSSR count). The monoisotopic (exact) mass is 437 g/mol. The Hall–Kier alpha value is -2.49. The number of benzene rings is 2. The molecule has 0 aliphatic heterocycles. The van der Waals surface area contributed by atoms with Crippen molar-refractivity contribution in [3.63, 3.8) is 0 Å². The number of aromatic nitrogens is 2. The Morgan fingerprint density at radius 3 is 2.64 bits per heavy atom. The number of nitrogens with one attached hydrogen (secondary N) is 1. The van der Waals surface area contributed by atoms with Gasteiger partial charge in [-0.1, -0.05) is 29.0 Å². The van der Waals surface area contributed by atoms with E-state index >= 15 is 0 Å². The molecule has 2 heterocycles. The number of hydrogen-bond donors (Lipinski definition) is 1. The van der Waals surface area contributed by atoms with Crippen LogP contribution in [-0.2, 0) is 10.0 Å². The third kappa shape index (κ3) is 3.05. The van der Waals surface area contributed by atoms with Gasteiger partial charge in [0, 0.05) is 0 Å². The Morgan fingerprint density at radius 2 is 1.93 bits per heavy atom. The lowest BCUT2D eigenvalue weighted by atomic mass is 10.2. The summed E-state index contributed by atoms with van der Waals surface area (Å²) in [5.74, 6) is -0.677. The molecule has 10 heteroatoms. The first kappa shape index (κ1) is 18.9. The zero-order valence-electron chi connectivity index (χ0n) is 14.7. The zero-order chi connectivity index (χ0) is 20.2. The van der Waals surface area contributed by atoms with E-state index in [-0.39, 0.29) is 16.4 Å². The fourth-order valence-corrected chi connectivity index (χ4v) is 5.57. The van der Waals surface area contributed by atoms with Crippen molar-refractivity contribution in [1.29, 1.82) is 0 Å². The number of sulfonamides is 1. The molecule has 1 N–H and O–H groups in total. The van der Waals surface area contributed by atoms with Gasteiger partial charge < -0.3 is 0 Å². The summed E-state index contributed by atoms with van der Waals surface area (Å²) in [5.41, 5.74) is 1.03. The molecule has 0 aliphatic carbocycles. The SMILES string of the molecule is Cc1ccc2c(c1)sc1nc(C)c(S(=O)(=O)Nc3ccc(F)c(Cl)c3)c(=O)n12. The van der Waals surface area contributed by atoms with Crippen LogP contribution in [0.25, 0.3) is 15.2 Å². The molecular weight excluding hydrogens is 425 g/mol. The third-order valence-corrected chi connectivity index (χ3v) is 6.98. The molecule has 0 unspecified atom stereocenters. The van der Waals surface area contributed by atoms with E-state index < -0.39 is 26.3 Å². The highest BCUT2D eigenvalue weighted by Crippen LogP contribution is 2.27. The van der Waals surface area contributed by atoms with Crippen LogP contribution in [0.4, 0.5) is 10.1 Å². The molecule has 0 atom stereocenters. The van der Waals surface area contributed by atoms with E-state index in [1.807, 2.05) is 19.1 Å². The van der Waals surface area contributed by atoms with E-state index in [0.29, 0.717) is 10.5 Å². The minimum Gasteiger partial charge on any atom is -0.279 e. The van der Waals surface area contributed by atoms with Crippen molar-refractivity contribution in [3.05, 3.63) is 68.8 Å². The van der Waals surface area contributed by atoms with E-state index in [9.17, 15) is 17.6 Å². The number of nitrogens with zero attached hydrogens (tertiary/aromatic N) is 2. The average molecular weight is 438 g/mol. The van der Waals surface area contributed by atoms with Crippen molar-refractivity contribution in [1.82, 2.24) is 9.38 Å². The van der Waals surface area contributed by atoms with Gasteiger partial charge in [0.25, 0.3) is 15.6 Å². The molecule has 0 aliphatic rings. The summed E-state index contributed by atoms with van der Waals surface area (Å²) in [7, 11) is -4.27. The van der Waals surface area contributed by atoms with Gasteiger partial charge >= 0.3 is 0 Å². The number of rotatable bonds is 3. The zero-order valence-corrected chi connectivity index (χ0v) is 17.0. The molecule has 0 radical (unpaired) electrons. The van der Waals surface area contributed by atoms with Crippen molar-refractivity contribution >= 4 is 53.8 Å². The maximum Gasteiger partial charge on any atom is 0.280 e. The molecular formula is C18H13ClFN3O3S2. The Morgan fingerprint density at radius 1 is 1.18 bits per heavy atom. The quantitative estimate of drug-likeness (QED) is 0.522. The van der Waals surface area contributed by atoms with Crippen molar-refractivity contribution < 1.29 is 12.8 Å². The van der Waals surface area contributed by atoms with E-state index in [1.54, 1.807) is 6.07 Å². The smallest absolute Gasteiger partial charge is 0.279 e. The predicted molar refractivity (Wildman–Crippen MR) is 109 cm³/mol. The van der Waals surface area contributed by atoms with Gasteiger partial charge in [0.2, 0.25) is 0 Å². The summed E-state index contributed by atoms with van der Waals surface area (Å²) in [6.07, 6.45) is 0.